The van der Waals surface area contributed by atoms with Crippen LogP contribution in [0.25, 0.3) is 0 Å². The second kappa shape index (κ2) is 5.39. The molecule has 7 nitrogen and oxygen atoms in total. The molecule has 23 heavy (non-hydrogen) atoms. The molecule has 3 aliphatic rings. The SMILES string of the molecule is Cc1ccnc(O[C@H]2CCOC3(C2)CN(S(=O)(=O)C2CC2)C3)n1. The summed E-state index contributed by atoms with van der Waals surface area (Å²) >= 11 is 0. The van der Waals surface area contributed by atoms with Gasteiger partial charge in [0.25, 0.3) is 0 Å². The van der Waals surface area contributed by atoms with Gasteiger partial charge in [-0.15, -0.1) is 0 Å². The van der Waals surface area contributed by atoms with Gasteiger partial charge in [0, 0.05) is 37.8 Å². The van der Waals surface area contributed by atoms with Crippen molar-refractivity contribution in [1.29, 1.82) is 0 Å². The molecule has 1 aromatic rings. The number of aryl methyl sites for hydroxylation is 1. The lowest BCUT2D eigenvalue weighted by Crippen LogP contribution is -2.67. The number of ether oxygens (including phenoxy) is 2. The Morgan fingerprint density at radius 1 is 1.35 bits per heavy atom. The molecule has 2 aliphatic heterocycles. The van der Waals surface area contributed by atoms with Gasteiger partial charge in [-0.1, -0.05) is 0 Å². The lowest BCUT2D eigenvalue weighted by molar-refractivity contribution is -0.165. The van der Waals surface area contributed by atoms with Gasteiger partial charge < -0.3 is 9.47 Å². The van der Waals surface area contributed by atoms with Crippen molar-refractivity contribution in [2.24, 2.45) is 0 Å². The zero-order valence-corrected chi connectivity index (χ0v) is 14.0. The minimum absolute atomic E-state index is 0.0312. The highest BCUT2D eigenvalue weighted by Crippen LogP contribution is 2.41. The van der Waals surface area contributed by atoms with Gasteiger partial charge in [0.15, 0.2) is 0 Å². The first kappa shape index (κ1) is 15.3. The van der Waals surface area contributed by atoms with E-state index in [0.29, 0.717) is 32.1 Å². The van der Waals surface area contributed by atoms with Crippen LogP contribution in [0.2, 0.25) is 0 Å². The van der Waals surface area contributed by atoms with Crippen LogP contribution < -0.4 is 4.74 Å². The lowest BCUT2D eigenvalue weighted by Gasteiger charge is -2.52. The van der Waals surface area contributed by atoms with Crippen molar-refractivity contribution in [3.63, 3.8) is 0 Å². The number of sulfonamides is 1. The van der Waals surface area contributed by atoms with Crippen molar-refractivity contribution >= 4 is 10.0 Å². The van der Waals surface area contributed by atoms with E-state index in [1.807, 2.05) is 13.0 Å². The van der Waals surface area contributed by atoms with Gasteiger partial charge in [-0.2, -0.15) is 4.31 Å². The topological polar surface area (TPSA) is 81.6 Å². The normalized spacial score (nSPS) is 27.6. The van der Waals surface area contributed by atoms with Crippen LogP contribution in [0.3, 0.4) is 0 Å². The van der Waals surface area contributed by atoms with Crippen molar-refractivity contribution in [1.82, 2.24) is 14.3 Å². The summed E-state index contributed by atoms with van der Waals surface area (Å²) in [5, 5.41) is -0.156. The standard InChI is InChI=1S/C15H21N3O4S/c1-11-4-6-16-14(17-11)22-12-5-7-21-15(8-12)9-18(10-15)23(19,20)13-2-3-13/h4,6,12-13H,2-3,5,7-10H2,1H3/t12-/m0/s1. The summed E-state index contributed by atoms with van der Waals surface area (Å²) in [6, 6.07) is 2.21. The maximum atomic E-state index is 12.2. The second-order valence-electron chi connectivity index (χ2n) is 6.76. The minimum atomic E-state index is -3.10. The number of rotatable bonds is 4. The van der Waals surface area contributed by atoms with Crippen LogP contribution >= 0.6 is 0 Å². The Morgan fingerprint density at radius 2 is 2.13 bits per heavy atom. The first-order chi connectivity index (χ1) is 11.0. The molecule has 3 heterocycles. The molecule has 1 spiro atoms. The Hall–Kier alpha value is -1.25. The van der Waals surface area contributed by atoms with Crippen LogP contribution in [-0.4, -0.2) is 59.3 Å². The first-order valence-corrected chi connectivity index (χ1v) is 9.56. The van der Waals surface area contributed by atoms with E-state index < -0.39 is 15.6 Å². The zero-order valence-electron chi connectivity index (χ0n) is 13.1. The molecule has 3 fully saturated rings. The van der Waals surface area contributed by atoms with Crippen LogP contribution in [-0.2, 0) is 14.8 Å². The molecule has 1 atom stereocenters. The molecule has 0 aromatic carbocycles. The molecule has 0 bridgehead atoms. The first-order valence-electron chi connectivity index (χ1n) is 8.06. The van der Waals surface area contributed by atoms with Crippen molar-refractivity contribution in [2.75, 3.05) is 19.7 Å². The fraction of sp³-hybridized carbons (Fsp3) is 0.733. The predicted molar refractivity (Wildman–Crippen MR) is 82.6 cm³/mol. The third-order valence-corrected chi connectivity index (χ3v) is 7.02. The maximum Gasteiger partial charge on any atom is 0.316 e. The van der Waals surface area contributed by atoms with E-state index in [1.165, 1.54) is 0 Å². The third-order valence-electron chi connectivity index (χ3n) is 4.73. The van der Waals surface area contributed by atoms with Crippen LogP contribution in [0.4, 0.5) is 0 Å². The quantitative estimate of drug-likeness (QED) is 0.810. The summed E-state index contributed by atoms with van der Waals surface area (Å²) in [6.45, 7) is 3.36. The van der Waals surface area contributed by atoms with Crippen LogP contribution in [0.5, 0.6) is 6.01 Å². The molecule has 1 aromatic heterocycles. The molecule has 2 saturated heterocycles. The van der Waals surface area contributed by atoms with E-state index in [2.05, 4.69) is 9.97 Å². The summed E-state index contributed by atoms with van der Waals surface area (Å²) in [4.78, 5) is 8.39. The van der Waals surface area contributed by atoms with Crippen molar-refractivity contribution in [2.45, 2.75) is 49.6 Å². The Kier molecular flexibility index (Phi) is 3.58. The summed E-state index contributed by atoms with van der Waals surface area (Å²) in [5.74, 6) is 0. The van der Waals surface area contributed by atoms with Gasteiger partial charge in [0.1, 0.15) is 6.10 Å². The molecule has 0 N–H and O–H groups in total. The van der Waals surface area contributed by atoms with Crippen molar-refractivity contribution in [3.8, 4) is 6.01 Å². The van der Waals surface area contributed by atoms with Gasteiger partial charge in [0.2, 0.25) is 10.0 Å². The summed E-state index contributed by atoms with van der Waals surface area (Å²) in [6.07, 6.45) is 4.69. The summed E-state index contributed by atoms with van der Waals surface area (Å²) in [5.41, 5.74) is 0.469. The molecule has 126 valence electrons. The highest BCUT2D eigenvalue weighted by molar-refractivity contribution is 7.90. The zero-order chi connectivity index (χ0) is 16.1. The minimum Gasteiger partial charge on any atom is -0.460 e. The third kappa shape index (κ3) is 2.95. The molecule has 1 saturated carbocycles. The molecule has 0 unspecified atom stereocenters. The fourth-order valence-electron chi connectivity index (χ4n) is 3.29. The summed E-state index contributed by atoms with van der Waals surface area (Å²) in [7, 11) is -3.10. The monoisotopic (exact) mass is 339 g/mol. The number of hydrogen-bond donors (Lipinski definition) is 0. The van der Waals surface area contributed by atoms with Gasteiger partial charge in [0.05, 0.1) is 17.5 Å². The average Bonchev–Trinajstić information content (AvgIpc) is 3.30. The molecule has 8 heteroatoms. The van der Waals surface area contributed by atoms with Gasteiger partial charge in [-0.3, -0.25) is 0 Å². The van der Waals surface area contributed by atoms with E-state index in [1.54, 1.807) is 10.5 Å². The van der Waals surface area contributed by atoms with Gasteiger partial charge in [-0.05, 0) is 25.8 Å². The van der Waals surface area contributed by atoms with E-state index in [4.69, 9.17) is 9.47 Å². The van der Waals surface area contributed by atoms with Gasteiger partial charge in [-0.25, -0.2) is 18.4 Å². The van der Waals surface area contributed by atoms with E-state index >= 15 is 0 Å². The maximum absolute atomic E-state index is 12.2. The van der Waals surface area contributed by atoms with E-state index in [-0.39, 0.29) is 11.4 Å². The van der Waals surface area contributed by atoms with Crippen molar-refractivity contribution in [3.05, 3.63) is 18.0 Å². The summed E-state index contributed by atoms with van der Waals surface area (Å²) < 4.78 is 37.8. The van der Waals surface area contributed by atoms with E-state index in [9.17, 15) is 8.42 Å². The Balaban J connectivity index is 1.38. The Labute approximate surface area is 136 Å². The number of aromatic nitrogens is 2. The molecule has 4 rings (SSSR count). The Morgan fingerprint density at radius 3 is 2.83 bits per heavy atom. The van der Waals surface area contributed by atoms with E-state index in [0.717, 1.165) is 25.0 Å². The smallest absolute Gasteiger partial charge is 0.316 e. The van der Waals surface area contributed by atoms with Gasteiger partial charge >= 0.3 is 6.01 Å². The molecule has 0 amide bonds. The molecule has 1 aliphatic carbocycles. The number of hydrogen-bond acceptors (Lipinski definition) is 6. The number of nitrogens with zero attached hydrogens (tertiary/aromatic N) is 3. The average molecular weight is 339 g/mol. The molecule has 0 radical (unpaired) electrons. The second-order valence-corrected chi connectivity index (χ2v) is 8.97. The van der Waals surface area contributed by atoms with Crippen LogP contribution in [0, 0.1) is 6.92 Å². The molecular formula is C15H21N3O4S. The highest BCUT2D eigenvalue weighted by Gasteiger charge is 2.55. The van der Waals surface area contributed by atoms with Crippen LogP contribution in [0.1, 0.15) is 31.4 Å². The Bertz CT molecular complexity index is 698. The lowest BCUT2D eigenvalue weighted by atomic mass is 9.86. The fourth-order valence-corrected chi connectivity index (χ4v) is 5.27. The largest absolute Gasteiger partial charge is 0.460 e. The molecular weight excluding hydrogens is 318 g/mol. The van der Waals surface area contributed by atoms with Crippen LogP contribution in [0.15, 0.2) is 12.3 Å². The highest BCUT2D eigenvalue weighted by atomic mass is 32.2. The predicted octanol–water partition coefficient (Wildman–Crippen LogP) is 0.889. The van der Waals surface area contributed by atoms with Crippen molar-refractivity contribution < 1.29 is 17.9 Å².